The SMILES string of the molecule is COc1ccc(CN(C)C(=O)c2ccc3c(c2)NC(=O)CS3)cc1. The molecule has 0 fully saturated rings. The number of thioether (sulfide) groups is 1. The van der Waals surface area contributed by atoms with Gasteiger partial charge in [-0.2, -0.15) is 0 Å². The van der Waals surface area contributed by atoms with Crippen LogP contribution >= 0.6 is 11.8 Å². The molecule has 2 aromatic rings. The highest BCUT2D eigenvalue weighted by Crippen LogP contribution is 2.32. The van der Waals surface area contributed by atoms with Crippen molar-refractivity contribution >= 4 is 29.3 Å². The molecule has 0 bridgehead atoms. The summed E-state index contributed by atoms with van der Waals surface area (Å²) in [5, 5.41) is 2.81. The number of hydrogen-bond donors (Lipinski definition) is 1. The number of rotatable bonds is 4. The maximum atomic E-state index is 12.6. The van der Waals surface area contributed by atoms with Crippen LogP contribution in [0.15, 0.2) is 47.4 Å². The van der Waals surface area contributed by atoms with Crippen molar-refractivity contribution in [1.29, 1.82) is 0 Å². The number of carbonyl (C=O) groups is 2. The first-order chi connectivity index (χ1) is 11.6. The normalized spacial score (nSPS) is 13.0. The summed E-state index contributed by atoms with van der Waals surface area (Å²) in [5.41, 5.74) is 2.29. The van der Waals surface area contributed by atoms with Crippen LogP contribution in [0.4, 0.5) is 5.69 Å². The van der Waals surface area contributed by atoms with E-state index in [0.29, 0.717) is 23.5 Å². The highest BCUT2D eigenvalue weighted by Gasteiger charge is 2.19. The first kappa shape index (κ1) is 16.4. The largest absolute Gasteiger partial charge is 0.497 e. The molecule has 6 heteroatoms. The second-order valence-corrected chi connectivity index (χ2v) is 6.57. The molecular weight excluding hydrogens is 324 g/mol. The Kier molecular flexibility index (Phi) is 4.76. The van der Waals surface area contributed by atoms with Crippen molar-refractivity contribution in [2.45, 2.75) is 11.4 Å². The lowest BCUT2D eigenvalue weighted by Gasteiger charge is -2.20. The molecule has 1 heterocycles. The zero-order chi connectivity index (χ0) is 17.1. The molecule has 2 amide bonds. The number of nitrogens with zero attached hydrogens (tertiary/aromatic N) is 1. The number of benzene rings is 2. The topological polar surface area (TPSA) is 58.6 Å². The van der Waals surface area contributed by atoms with Gasteiger partial charge in [0.25, 0.3) is 5.91 Å². The van der Waals surface area contributed by atoms with Crippen LogP contribution in [0.1, 0.15) is 15.9 Å². The Labute approximate surface area is 145 Å². The van der Waals surface area contributed by atoms with Crippen LogP contribution in [0.5, 0.6) is 5.75 Å². The summed E-state index contributed by atoms with van der Waals surface area (Å²) >= 11 is 1.48. The number of amides is 2. The second kappa shape index (κ2) is 6.97. The Balaban J connectivity index is 1.73. The van der Waals surface area contributed by atoms with E-state index in [1.165, 1.54) is 11.8 Å². The standard InChI is InChI=1S/C18H18N2O3S/c1-20(10-12-3-6-14(23-2)7-4-12)18(22)13-5-8-16-15(9-13)19-17(21)11-24-16/h3-9H,10-11H2,1-2H3,(H,19,21). The third-order valence-corrected chi connectivity index (χ3v) is 4.86. The van der Waals surface area contributed by atoms with Crippen molar-refractivity contribution in [2.75, 3.05) is 25.2 Å². The Bertz CT molecular complexity index is 774. The molecule has 0 saturated carbocycles. The van der Waals surface area contributed by atoms with Crippen molar-refractivity contribution < 1.29 is 14.3 Å². The van der Waals surface area contributed by atoms with Gasteiger partial charge in [0.05, 0.1) is 18.6 Å². The summed E-state index contributed by atoms with van der Waals surface area (Å²) in [7, 11) is 3.39. The fourth-order valence-electron chi connectivity index (χ4n) is 2.51. The molecule has 3 rings (SSSR count). The molecule has 0 unspecified atom stereocenters. The van der Waals surface area contributed by atoms with Gasteiger partial charge in [0.15, 0.2) is 0 Å². The van der Waals surface area contributed by atoms with E-state index in [1.54, 1.807) is 31.2 Å². The first-order valence-electron chi connectivity index (χ1n) is 7.52. The molecule has 5 nitrogen and oxygen atoms in total. The van der Waals surface area contributed by atoms with Gasteiger partial charge in [-0.25, -0.2) is 0 Å². The van der Waals surface area contributed by atoms with E-state index in [9.17, 15) is 9.59 Å². The van der Waals surface area contributed by atoms with Gasteiger partial charge in [-0.05, 0) is 35.9 Å². The first-order valence-corrected chi connectivity index (χ1v) is 8.50. The van der Waals surface area contributed by atoms with Crippen LogP contribution < -0.4 is 10.1 Å². The van der Waals surface area contributed by atoms with Gasteiger partial charge >= 0.3 is 0 Å². The molecule has 0 atom stereocenters. The molecule has 0 spiro atoms. The average Bonchev–Trinajstić information content (AvgIpc) is 2.61. The number of fused-ring (bicyclic) bond motifs is 1. The molecule has 1 aliphatic heterocycles. The lowest BCUT2D eigenvalue weighted by atomic mass is 10.1. The summed E-state index contributed by atoms with van der Waals surface area (Å²) in [6, 6.07) is 13.0. The summed E-state index contributed by atoms with van der Waals surface area (Å²) in [6.45, 7) is 0.501. The zero-order valence-electron chi connectivity index (χ0n) is 13.5. The van der Waals surface area contributed by atoms with Gasteiger partial charge in [0, 0.05) is 24.1 Å². The monoisotopic (exact) mass is 342 g/mol. The van der Waals surface area contributed by atoms with Crippen LogP contribution in [0, 0.1) is 0 Å². The fourth-order valence-corrected chi connectivity index (χ4v) is 3.30. The van der Waals surface area contributed by atoms with E-state index in [2.05, 4.69) is 5.32 Å². The van der Waals surface area contributed by atoms with Crippen LogP contribution in [-0.4, -0.2) is 36.6 Å². The maximum Gasteiger partial charge on any atom is 0.253 e. The summed E-state index contributed by atoms with van der Waals surface area (Å²) in [6.07, 6.45) is 0. The van der Waals surface area contributed by atoms with Crippen molar-refractivity contribution in [3.63, 3.8) is 0 Å². The minimum atomic E-state index is -0.0848. The molecule has 0 radical (unpaired) electrons. The van der Waals surface area contributed by atoms with E-state index >= 15 is 0 Å². The minimum absolute atomic E-state index is 0.0383. The molecule has 0 aromatic heterocycles. The number of ether oxygens (including phenoxy) is 1. The molecule has 1 aliphatic rings. The average molecular weight is 342 g/mol. The number of methoxy groups -OCH3 is 1. The Morgan fingerprint density at radius 3 is 2.71 bits per heavy atom. The van der Waals surface area contributed by atoms with Crippen LogP contribution in [-0.2, 0) is 11.3 Å². The smallest absolute Gasteiger partial charge is 0.253 e. The van der Waals surface area contributed by atoms with Gasteiger partial charge in [0.1, 0.15) is 5.75 Å². The molecule has 1 N–H and O–H groups in total. The van der Waals surface area contributed by atoms with E-state index in [-0.39, 0.29) is 11.8 Å². The van der Waals surface area contributed by atoms with Gasteiger partial charge in [-0.1, -0.05) is 12.1 Å². The van der Waals surface area contributed by atoms with Crippen molar-refractivity contribution in [3.8, 4) is 5.75 Å². The van der Waals surface area contributed by atoms with Gasteiger partial charge in [0.2, 0.25) is 5.91 Å². The minimum Gasteiger partial charge on any atom is -0.497 e. The molecule has 24 heavy (non-hydrogen) atoms. The van der Waals surface area contributed by atoms with E-state index in [0.717, 1.165) is 16.2 Å². The summed E-state index contributed by atoms with van der Waals surface area (Å²) < 4.78 is 5.14. The van der Waals surface area contributed by atoms with Gasteiger partial charge < -0.3 is 15.0 Å². The molecule has 0 aliphatic carbocycles. The van der Waals surface area contributed by atoms with Crippen molar-refractivity contribution in [3.05, 3.63) is 53.6 Å². The van der Waals surface area contributed by atoms with Crippen molar-refractivity contribution in [2.24, 2.45) is 0 Å². The van der Waals surface area contributed by atoms with E-state index in [1.807, 2.05) is 30.3 Å². The number of anilines is 1. The Morgan fingerprint density at radius 2 is 2.00 bits per heavy atom. The van der Waals surface area contributed by atoms with Crippen LogP contribution in [0.3, 0.4) is 0 Å². The third-order valence-electron chi connectivity index (χ3n) is 3.78. The van der Waals surface area contributed by atoms with Crippen LogP contribution in [0.25, 0.3) is 0 Å². The Hall–Kier alpha value is -2.47. The maximum absolute atomic E-state index is 12.6. The number of carbonyl (C=O) groups excluding carboxylic acids is 2. The number of nitrogens with one attached hydrogen (secondary N) is 1. The highest BCUT2D eigenvalue weighted by molar-refractivity contribution is 8.00. The fraction of sp³-hybridized carbons (Fsp3) is 0.222. The molecule has 124 valence electrons. The zero-order valence-corrected chi connectivity index (χ0v) is 14.4. The quantitative estimate of drug-likeness (QED) is 0.928. The van der Waals surface area contributed by atoms with Gasteiger partial charge in [-0.3, -0.25) is 9.59 Å². The molecule has 2 aromatic carbocycles. The highest BCUT2D eigenvalue weighted by atomic mass is 32.2. The Morgan fingerprint density at radius 1 is 1.25 bits per heavy atom. The lowest BCUT2D eigenvalue weighted by Crippen LogP contribution is -2.26. The van der Waals surface area contributed by atoms with Gasteiger partial charge in [-0.15, -0.1) is 11.8 Å². The molecule has 0 saturated heterocycles. The molecular formula is C18H18N2O3S. The van der Waals surface area contributed by atoms with Crippen molar-refractivity contribution in [1.82, 2.24) is 4.90 Å². The van der Waals surface area contributed by atoms with Crippen LogP contribution in [0.2, 0.25) is 0 Å². The predicted octanol–water partition coefficient (Wildman–Crippen LogP) is 3.01. The predicted molar refractivity (Wildman–Crippen MR) is 94.6 cm³/mol. The van der Waals surface area contributed by atoms with E-state index in [4.69, 9.17) is 4.74 Å². The summed E-state index contributed by atoms with van der Waals surface area (Å²) in [4.78, 5) is 26.8. The number of hydrogen-bond acceptors (Lipinski definition) is 4. The second-order valence-electron chi connectivity index (χ2n) is 5.56. The third kappa shape index (κ3) is 3.54. The summed E-state index contributed by atoms with van der Waals surface area (Å²) in [5.74, 6) is 1.08. The van der Waals surface area contributed by atoms with E-state index < -0.39 is 0 Å². The lowest BCUT2D eigenvalue weighted by molar-refractivity contribution is -0.113.